The number of halogens is 1. The van der Waals surface area contributed by atoms with Gasteiger partial charge in [0.2, 0.25) is 11.8 Å². The van der Waals surface area contributed by atoms with Crippen LogP contribution in [0.15, 0.2) is 79.3 Å². The summed E-state index contributed by atoms with van der Waals surface area (Å²) in [7, 11) is 1.51. The maximum atomic E-state index is 13.9. The first-order chi connectivity index (χ1) is 29.1. The Morgan fingerprint density at radius 3 is 2.37 bits per heavy atom. The fourth-order valence-corrected chi connectivity index (χ4v) is 8.56. The number of ketones is 2. The fourth-order valence-electron chi connectivity index (χ4n) is 8.31. The molecule has 14 nitrogen and oxygen atoms in total. The SMILES string of the molecule is COc1ccc(C(=O)N2CCN(CCC(=O)N3CCC(Cc4ncnc5[nH]cc(C(=O)c6ccc(Oc7ccccc7)cc6Cl)c45)CC3)CC2)cc1N1CCC(=O)CC1=O. The van der Waals surface area contributed by atoms with E-state index in [0.717, 1.165) is 18.5 Å². The smallest absolute Gasteiger partial charge is 0.254 e. The van der Waals surface area contributed by atoms with E-state index < -0.39 is 0 Å². The Morgan fingerprint density at radius 1 is 0.850 bits per heavy atom. The fraction of sp³-hybridized carbons (Fsp3) is 0.356. The third-order valence-electron chi connectivity index (χ3n) is 11.7. The van der Waals surface area contributed by atoms with Crippen LogP contribution in [-0.4, -0.2) is 118 Å². The monoisotopic (exact) mass is 831 g/mol. The molecule has 0 aliphatic carbocycles. The predicted molar refractivity (Wildman–Crippen MR) is 225 cm³/mol. The van der Waals surface area contributed by atoms with Crippen molar-refractivity contribution in [3.63, 3.8) is 0 Å². The number of ether oxygens (including phenoxy) is 2. The predicted octanol–water partition coefficient (Wildman–Crippen LogP) is 5.97. The number of H-pyrrole nitrogens is 1. The molecule has 3 fully saturated rings. The number of amides is 3. The van der Waals surface area contributed by atoms with E-state index in [0.29, 0.717) is 109 Å². The zero-order valence-electron chi connectivity index (χ0n) is 33.4. The average molecular weight is 832 g/mol. The molecule has 0 unspecified atom stereocenters. The molecule has 1 N–H and O–H groups in total. The molecule has 0 spiro atoms. The normalized spacial score (nSPS) is 16.7. The van der Waals surface area contributed by atoms with Crippen molar-refractivity contribution < 1.29 is 33.4 Å². The minimum Gasteiger partial charge on any atom is -0.495 e. The summed E-state index contributed by atoms with van der Waals surface area (Å²) in [5.41, 5.74) is 3.13. The number of hydrogen-bond donors (Lipinski definition) is 1. The lowest BCUT2D eigenvalue weighted by Crippen LogP contribution is -2.49. The molecular formula is C45H46ClN7O7. The number of fused-ring (bicyclic) bond motifs is 1. The lowest BCUT2D eigenvalue weighted by Gasteiger charge is -2.36. The van der Waals surface area contributed by atoms with Gasteiger partial charge in [0.25, 0.3) is 5.91 Å². The van der Waals surface area contributed by atoms with Crippen LogP contribution in [0.1, 0.15) is 64.1 Å². The molecule has 60 heavy (non-hydrogen) atoms. The number of piperidine rings is 2. The van der Waals surface area contributed by atoms with Crippen molar-refractivity contribution in [3.05, 3.63) is 107 Å². The van der Waals surface area contributed by atoms with Gasteiger partial charge in [-0.2, -0.15) is 0 Å². The third kappa shape index (κ3) is 8.89. The lowest BCUT2D eigenvalue weighted by molar-refractivity contribution is -0.133. The summed E-state index contributed by atoms with van der Waals surface area (Å²) >= 11 is 6.63. The molecule has 2 aromatic heterocycles. The van der Waals surface area contributed by atoms with Crippen LogP contribution in [0.4, 0.5) is 5.69 Å². The van der Waals surface area contributed by atoms with E-state index in [9.17, 15) is 24.0 Å². The molecule has 0 atom stereocenters. The number of methoxy groups -OCH3 is 1. The summed E-state index contributed by atoms with van der Waals surface area (Å²) in [6.07, 6.45) is 5.97. The Kier molecular flexibility index (Phi) is 12.2. The van der Waals surface area contributed by atoms with Gasteiger partial charge in [-0.15, -0.1) is 0 Å². The summed E-state index contributed by atoms with van der Waals surface area (Å²) < 4.78 is 11.4. The lowest BCUT2D eigenvalue weighted by atomic mass is 9.90. The van der Waals surface area contributed by atoms with Crippen LogP contribution in [0, 0.1) is 5.92 Å². The van der Waals surface area contributed by atoms with E-state index in [1.54, 1.807) is 47.5 Å². The van der Waals surface area contributed by atoms with E-state index in [-0.39, 0.29) is 59.6 Å². The number of carbonyl (C=O) groups is 5. The molecule has 3 aliphatic heterocycles. The standard InChI is InChI=1S/C45H46ClN7O7/c1-59-39-10-7-30(24-38(39)53-18-13-31(54)25-41(53)56)45(58)52-21-19-50(20-22-52)15-14-40(55)51-16-11-29(12-17-51)23-37-42-35(27-47-44(42)49-28-48-37)43(57)34-9-8-33(26-36(34)46)60-32-5-3-2-4-6-32/h2-10,24,26-29H,11-23,25H2,1H3,(H,47,48,49). The van der Waals surface area contributed by atoms with Crippen molar-refractivity contribution in [2.45, 2.75) is 38.5 Å². The van der Waals surface area contributed by atoms with Crippen molar-refractivity contribution in [2.75, 3.05) is 64.4 Å². The first-order valence-electron chi connectivity index (χ1n) is 20.3. The maximum absolute atomic E-state index is 13.9. The molecular weight excluding hydrogens is 786 g/mol. The second-order valence-electron chi connectivity index (χ2n) is 15.4. The van der Waals surface area contributed by atoms with Crippen LogP contribution in [0.25, 0.3) is 11.0 Å². The van der Waals surface area contributed by atoms with Gasteiger partial charge in [0.1, 0.15) is 35.0 Å². The van der Waals surface area contributed by atoms with Crippen LogP contribution in [0.3, 0.4) is 0 Å². The Balaban J connectivity index is 0.814. The van der Waals surface area contributed by atoms with Crippen molar-refractivity contribution in [1.82, 2.24) is 29.7 Å². The zero-order valence-corrected chi connectivity index (χ0v) is 34.2. The third-order valence-corrected chi connectivity index (χ3v) is 12.0. The van der Waals surface area contributed by atoms with E-state index in [2.05, 4.69) is 19.9 Å². The van der Waals surface area contributed by atoms with E-state index in [1.807, 2.05) is 35.2 Å². The van der Waals surface area contributed by atoms with Gasteiger partial charge in [-0.05, 0) is 67.6 Å². The van der Waals surface area contributed by atoms with Gasteiger partial charge in [-0.3, -0.25) is 28.9 Å². The Morgan fingerprint density at radius 2 is 1.63 bits per heavy atom. The number of anilines is 1. The highest BCUT2D eigenvalue weighted by Gasteiger charge is 2.30. The van der Waals surface area contributed by atoms with Gasteiger partial charge in [0, 0.05) is 88.6 Å². The van der Waals surface area contributed by atoms with E-state index in [1.165, 1.54) is 18.3 Å². The minimum atomic E-state index is -0.300. The number of benzene rings is 3. The molecule has 0 bridgehead atoms. The van der Waals surface area contributed by atoms with Gasteiger partial charge >= 0.3 is 0 Å². The summed E-state index contributed by atoms with van der Waals surface area (Å²) in [6.45, 7) is 4.49. The first-order valence-corrected chi connectivity index (χ1v) is 20.7. The number of nitrogens with zero attached hydrogens (tertiary/aromatic N) is 6. The number of piperazine rings is 1. The van der Waals surface area contributed by atoms with Crippen molar-refractivity contribution in [1.29, 1.82) is 0 Å². The molecule has 15 heteroatoms. The summed E-state index contributed by atoms with van der Waals surface area (Å²) in [5, 5.41) is 0.967. The van der Waals surface area contributed by atoms with Crippen molar-refractivity contribution in [3.8, 4) is 17.2 Å². The Bertz CT molecular complexity index is 2420. The zero-order chi connectivity index (χ0) is 41.8. The number of Topliss-reactive ketones (excluding diaryl/α,β-unsaturated/α-hetero) is 1. The minimum absolute atomic E-state index is 0.0907. The number of likely N-dealkylation sites (tertiary alicyclic amines) is 1. The Hall–Kier alpha value is -6.12. The number of nitrogens with one attached hydrogen (secondary N) is 1. The molecule has 0 saturated carbocycles. The summed E-state index contributed by atoms with van der Waals surface area (Å²) in [4.78, 5) is 84.8. The molecule has 0 radical (unpaired) electrons. The molecule has 3 saturated heterocycles. The van der Waals surface area contributed by atoms with Crippen LogP contribution < -0.4 is 14.4 Å². The number of rotatable bonds is 12. The van der Waals surface area contributed by atoms with Crippen LogP contribution in [0.2, 0.25) is 5.02 Å². The number of para-hydroxylation sites is 1. The number of aromatic nitrogens is 3. The van der Waals surface area contributed by atoms with Gasteiger partial charge in [0.05, 0.1) is 40.9 Å². The molecule has 8 rings (SSSR count). The van der Waals surface area contributed by atoms with Gasteiger partial charge in [0.15, 0.2) is 5.78 Å². The Labute approximate surface area is 352 Å². The number of hydrogen-bond acceptors (Lipinski definition) is 10. The molecule has 3 aliphatic rings. The van der Waals surface area contributed by atoms with Crippen LogP contribution >= 0.6 is 11.6 Å². The number of aromatic amines is 1. The largest absolute Gasteiger partial charge is 0.495 e. The van der Waals surface area contributed by atoms with E-state index in [4.69, 9.17) is 21.1 Å². The highest BCUT2D eigenvalue weighted by Crippen LogP contribution is 2.34. The number of carbonyl (C=O) groups excluding carboxylic acids is 5. The molecule has 3 aromatic carbocycles. The highest BCUT2D eigenvalue weighted by atomic mass is 35.5. The van der Waals surface area contributed by atoms with E-state index >= 15 is 0 Å². The molecule has 5 aromatic rings. The topological polar surface area (TPSA) is 158 Å². The second-order valence-corrected chi connectivity index (χ2v) is 15.8. The second kappa shape index (κ2) is 18.0. The summed E-state index contributed by atoms with van der Waals surface area (Å²) in [6, 6.07) is 19.5. The molecule has 3 amide bonds. The van der Waals surface area contributed by atoms with Gasteiger partial charge < -0.3 is 29.2 Å². The van der Waals surface area contributed by atoms with Crippen molar-refractivity contribution in [2.24, 2.45) is 5.92 Å². The maximum Gasteiger partial charge on any atom is 0.254 e. The van der Waals surface area contributed by atoms with Crippen LogP contribution in [-0.2, 0) is 20.8 Å². The quantitative estimate of drug-likeness (QED) is 0.117. The highest BCUT2D eigenvalue weighted by molar-refractivity contribution is 6.35. The average Bonchev–Trinajstić information content (AvgIpc) is 3.71. The van der Waals surface area contributed by atoms with Crippen molar-refractivity contribution >= 4 is 57.6 Å². The molecule has 310 valence electrons. The molecule has 5 heterocycles. The first kappa shape index (κ1) is 40.7. The summed E-state index contributed by atoms with van der Waals surface area (Å²) in [5.74, 6) is 1.30. The van der Waals surface area contributed by atoms with Crippen LogP contribution in [0.5, 0.6) is 17.2 Å². The van der Waals surface area contributed by atoms with Gasteiger partial charge in [-0.25, -0.2) is 9.97 Å². The van der Waals surface area contributed by atoms with Gasteiger partial charge in [-0.1, -0.05) is 29.8 Å².